The Labute approximate surface area is 110 Å². The van der Waals surface area contributed by atoms with Gasteiger partial charge in [0.25, 0.3) is 0 Å². The van der Waals surface area contributed by atoms with E-state index in [2.05, 4.69) is 15.3 Å². The second-order valence-corrected chi connectivity index (χ2v) is 4.27. The van der Waals surface area contributed by atoms with E-state index in [1.807, 2.05) is 49.4 Å². The minimum absolute atomic E-state index is 0.555. The summed E-state index contributed by atoms with van der Waals surface area (Å²) in [6, 6.07) is 15.5. The zero-order valence-corrected chi connectivity index (χ0v) is 10.5. The van der Waals surface area contributed by atoms with Gasteiger partial charge in [0.2, 0.25) is 0 Å². The first-order valence-electron chi connectivity index (χ1n) is 5.96. The predicted octanol–water partition coefficient (Wildman–Crippen LogP) is 2.22. The van der Waals surface area contributed by atoms with Gasteiger partial charge in [-0.1, -0.05) is 30.3 Å². The molecule has 5 heteroatoms. The minimum Gasteiger partial charge on any atom is -0.384 e. The van der Waals surface area contributed by atoms with Crippen molar-refractivity contribution < 1.29 is 0 Å². The van der Waals surface area contributed by atoms with Gasteiger partial charge in [-0.15, -0.1) is 10.2 Å². The molecule has 2 N–H and O–H groups in total. The second kappa shape index (κ2) is 4.53. The van der Waals surface area contributed by atoms with Crippen LogP contribution in [0.3, 0.4) is 0 Å². The molecule has 1 aromatic carbocycles. The standard InChI is InChI=1S/C14H13N5/c1-10-9-13(15)19(18-10)14-8-7-12(16-17-14)11-5-3-2-4-6-11/h2-9H,15H2,1H3. The molecule has 0 aliphatic heterocycles. The number of hydrogen-bond acceptors (Lipinski definition) is 4. The summed E-state index contributed by atoms with van der Waals surface area (Å²) in [4.78, 5) is 0. The largest absolute Gasteiger partial charge is 0.384 e. The first kappa shape index (κ1) is 11.4. The molecule has 0 bridgehead atoms. The topological polar surface area (TPSA) is 69.6 Å². The summed E-state index contributed by atoms with van der Waals surface area (Å²) >= 11 is 0. The molecule has 0 atom stereocenters. The van der Waals surface area contributed by atoms with Crippen molar-refractivity contribution in [3.63, 3.8) is 0 Å². The van der Waals surface area contributed by atoms with Crippen molar-refractivity contribution >= 4 is 5.82 Å². The molecule has 0 spiro atoms. The van der Waals surface area contributed by atoms with Crippen molar-refractivity contribution in [3.05, 3.63) is 54.2 Å². The quantitative estimate of drug-likeness (QED) is 0.758. The van der Waals surface area contributed by atoms with Crippen molar-refractivity contribution in [2.45, 2.75) is 6.92 Å². The lowest BCUT2D eigenvalue weighted by Crippen LogP contribution is -2.05. The Kier molecular flexibility index (Phi) is 2.72. The summed E-state index contributed by atoms with van der Waals surface area (Å²) in [6.45, 7) is 1.89. The van der Waals surface area contributed by atoms with E-state index in [9.17, 15) is 0 Å². The van der Waals surface area contributed by atoms with E-state index in [0.29, 0.717) is 11.6 Å². The van der Waals surface area contributed by atoms with E-state index >= 15 is 0 Å². The van der Waals surface area contributed by atoms with Crippen LogP contribution < -0.4 is 5.73 Å². The van der Waals surface area contributed by atoms with Crippen LogP contribution in [0.1, 0.15) is 5.69 Å². The predicted molar refractivity (Wildman–Crippen MR) is 73.7 cm³/mol. The number of aryl methyl sites for hydroxylation is 1. The zero-order chi connectivity index (χ0) is 13.2. The Morgan fingerprint density at radius 2 is 1.79 bits per heavy atom. The monoisotopic (exact) mass is 251 g/mol. The summed E-state index contributed by atoms with van der Waals surface area (Å²) < 4.78 is 1.58. The lowest BCUT2D eigenvalue weighted by atomic mass is 10.1. The van der Waals surface area contributed by atoms with E-state index in [-0.39, 0.29) is 0 Å². The SMILES string of the molecule is Cc1cc(N)n(-c2ccc(-c3ccccc3)nn2)n1. The maximum Gasteiger partial charge on any atom is 0.178 e. The highest BCUT2D eigenvalue weighted by Gasteiger charge is 2.07. The van der Waals surface area contributed by atoms with Crippen molar-refractivity contribution in [3.8, 4) is 17.1 Å². The van der Waals surface area contributed by atoms with E-state index in [4.69, 9.17) is 5.73 Å². The molecule has 0 aliphatic carbocycles. The van der Waals surface area contributed by atoms with Crippen LogP contribution in [0.4, 0.5) is 5.82 Å². The molecule has 0 radical (unpaired) electrons. The third kappa shape index (κ3) is 2.18. The van der Waals surface area contributed by atoms with Gasteiger partial charge in [-0.25, -0.2) is 0 Å². The Morgan fingerprint density at radius 3 is 2.37 bits per heavy atom. The highest BCUT2D eigenvalue weighted by Crippen LogP contribution is 2.17. The van der Waals surface area contributed by atoms with Gasteiger partial charge in [0.15, 0.2) is 5.82 Å². The van der Waals surface area contributed by atoms with E-state index < -0.39 is 0 Å². The number of hydrogen-bond donors (Lipinski definition) is 1. The van der Waals surface area contributed by atoms with Gasteiger partial charge in [0.05, 0.1) is 11.4 Å². The number of rotatable bonds is 2. The van der Waals surface area contributed by atoms with Crippen LogP contribution in [0.25, 0.3) is 17.1 Å². The smallest absolute Gasteiger partial charge is 0.178 e. The van der Waals surface area contributed by atoms with Gasteiger partial charge >= 0.3 is 0 Å². The normalized spacial score (nSPS) is 10.6. The maximum atomic E-state index is 5.86. The molecule has 0 saturated carbocycles. The van der Waals surface area contributed by atoms with Gasteiger partial charge in [0.1, 0.15) is 5.82 Å². The van der Waals surface area contributed by atoms with Gasteiger partial charge in [-0.05, 0) is 19.1 Å². The second-order valence-electron chi connectivity index (χ2n) is 4.27. The molecule has 2 aromatic heterocycles. The number of nitrogen functional groups attached to an aromatic ring is 1. The molecule has 2 heterocycles. The van der Waals surface area contributed by atoms with Gasteiger partial charge in [-0.2, -0.15) is 9.78 Å². The first-order chi connectivity index (χ1) is 9.24. The Morgan fingerprint density at radius 1 is 1.00 bits per heavy atom. The number of nitrogens with zero attached hydrogens (tertiary/aromatic N) is 4. The van der Waals surface area contributed by atoms with E-state index in [1.54, 1.807) is 10.7 Å². The van der Waals surface area contributed by atoms with Gasteiger partial charge < -0.3 is 5.73 Å². The molecule has 3 rings (SSSR count). The molecule has 0 saturated heterocycles. The molecule has 94 valence electrons. The van der Waals surface area contributed by atoms with Crippen molar-refractivity contribution in [1.82, 2.24) is 20.0 Å². The summed E-state index contributed by atoms with van der Waals surface area (Å²) in [5, 5.41) is 12.7. The Bertz CT molecular complexity index is 686. The average molecular weight is 251 g/mol. The molecular formula is C14H13N5. The van der Waals surface area contributed by atoms with Gasteiger partial charge in [0, 0.05) is 11.6 Å². The summed E-state index contributed by atoms with van der Waals surface area (Å²) in [7, 11) is 0. The van der Waals surface area contributed by atoms with Crippen molar-refractivity contribution in [2.24, 2.45) is 0 Å². The molecular weight excluding hydrogens is 238 g/mol. The fraction of sp³-hybridized carbons (Fsp3) is 0.0714. The molecule has 0 fully saturated rings. The number of nitrogens with two attached hydrogens (primary N) is 1. The fourth-order valence-electron chi connectivity index (χ4n) is 1.90. The van der Waals surface area contributed by atoms with Crippen LogP contribution in [0.15, 0.2) is 48.5 Å². The summed E-state index contributed by atoms with van der Waals surface area (Å²) in [6.07, 6.45) is 0. The Balaban J connectivity index is 1.98. The van der Waals surface area contributed by atoms with Crippen molar-refractivity contribution in [2.75, 3.05) is 5.73 Å². The maximum absolute atomic E-state index is 5.86. The van der Waals surface area contributed by atoms with Crippen LogP contribution in [0, 0.1) is 6.92 Å². The number of benzene rings is 1. The third-order valence-corrected chi connectivity index (χ3v) is 2.80. The van der Waals surface area contributed by atoms with Gasteiger partial charge in [-0.3, -0.25) is 0 Å². The zero-order valence-electron chi connectivity index (χ0n) is 10.5. The number of anilines is 1. The highest BCUT2D eigenvalue weighted by atomic mass is 15.4. The number of aromatic nitrogens is 4. The Hall–Kier alpha value is -2.69. The van der Waals surface area contributed by atoms with E-state index in [1.165, 1.54) is 0 Å². The van der Waals surface area contributed by atoms with Crippen LogP contribution in [0.2, 0.25) is 0 Å². The van der Waals surface area contributed by atoms with Crippen molar-refractivity contribution in [1.29, 1.82) is 0 Å². The highest BCUT2D eigenvalue weighted by molar-refractivity contribution is 5.58. The summed E-state index contributed by atoms with van der Waals surface area (Å²) in [5.74, 6) is 1.17. The molecule has 5 nitrogen and oxygen atoms in total. The third-order valence-electron chi connectivity index (χ3n) is 2.80. The lowest BCUT2D eigenvalue weighted by Gasteiger charge is -2.03. The fourth-order valence-corrected chi connectivity index (χ4v) is 1.90. The van der Waals surface area contributed by atoms with E-state index in [0.717, 1.165) is 17.0 Å². The van der Waals surface area contributed by atoms with Crippen LogP contribution in [-0.2, 0) is 0 Å². The lowest BCUT2D eigenvalue weighted by molar-refractivity contribution is 0.813. The van der Waals surface area contributed by atoms with Crippen LogP contribution in [0.5, 0.6) is 0 Å². The average Bonchev–Trinajstić information content (AvgIpc) is 2.79. The van der Waals surface area contributed by atoms with Crippen LogP contribution >= 0.6 is 0 Å². The molecule has 3 aromatic rings. The molecule has 0 unspecified atom stereocenters. The molecule has 0 amide bonds. The molecule has 19 heavy (non-hydrogen) atoms. The van der Waals surface area contributed by atoms with Crippen LogP contribution in [-0.4, -0.2) is 20.0 Å². The minimum atomic E-state index is 0.555. The first-order valence-corrected chi connectivity index (χ1v) is 5.96. The summed E-state index contributed by atoms with van der Waals surface area (Å²) in [5.41, 5.74) is 8.57. The molecule has 0 aliphatic rings.